The molecule has 2 N–H and O–H groups in total. The van der Waals surface area contributed by atoms with Crippen molar-refractivity contribution in [2.75, 3.05) is 7.05 Å². The zero-order valence-corrected chi connectivity index (χ0v) is 8.58. The normalized spacial score (nSPS) is 12.1. The fourth-order valence-electron chi connectivity index (χ4n) is 1.18. The Morgan fingerprint density at radius 1 is 1.36 bits per heavy atom. The summed E-state index contributed by atoms with van der Waals surface area (Å²) in [6, 6.07) is 9.86. The Morgan fingerprint density at radius 2 is 2.00 bits per heavy atom. The zero-order chi connectivity index (χ0) is 10.4. The molecule has 0 bridgehead atoms. The van der Waals surface area contributed by atoms with Crippen molar-refractivity contribution >= 4 is 5.91 Å². The molecule has 0 aromatic heterocycles. The van der Waals surface area contributed by atoms with Crippen LogP contribution in [0.1, 0.15) is 12.5 Å². The quantitative estimate of drug-likeness (QED) is 0.744. The zero-order valence-electron chi connectivity index (χ0n) is 8.58. The van der Waals surface area contributed by atoms with Gasteiger partial charge in [-0.1, -0.05) is 30.3 Å². The van der Waals surface area contributed by atoms with Gasteiger partial charge in [0, 0.05) is 13.6 Å². The Hall–Kier alpha value is -1.35. The Bertz CT molecular complexity index is 285. The van der Waals surface area contributed by atoms with Crippen LogP contribution in [0.5, 0.6) is 0 Å². The third kappa shape index (κ3) is 3.18. The lowest BCUT2D eigenvalue weighted by Gasteiger charge is -2.11. The first kappa shape index (κ1) is 10.7. The maximum Gasteiger partial charge on any atom is 0.236 e. The minimum Gasteiger partial charge on any atom is -0.358 e. The Kier molecular flexibility index (Phi) is 4.13. The molecule has 14 heavy (non-hydrogen) atoms. The summed E-state index contributed by atoms with van der Waals surface area (Å²) in [6.07, 6.45) is 0. The number of nitrogens with one attached hydrogen (secondary N) is 2. The Balaban J connectivity index is 2.38. The second kappa shape index (κ2) is 5.40. The highest BCUT2D eigenvalue weighted by Gasteiger charge is 2.08. The van der Waals surface area contributed by atoms with Crippen LogP contribution in [-0.4, -0.2) is 19.0 Å². The molecule has 1 amide bonds. The van der Waals surface area contributed by atoms with Gasteiger partial charge in [-0.2, -0.15) is 0 Å². The van der Waals surface area contributed by atoms with Crippen LogP contribution in [0.25, 0.3) is 0 Å². The lowest BCUT2D eigenvalue weighted by molar-refractivity contribution is -0.122. The van der Waals surface area contributed by atoms with Crippen molar-refractivity contribution in [1.82, 2.24) is 10.6 Å². The van der Waals surface area contributed by atoms with Crippen LogP contribution in [0.2, 0.25) is 0 Å². The molecule has 1 atom stereocenters. The van der Waals surface area contributed by atoms with E-state index in [1.807, 2.05) is 37.3 Å². The van der Waals surface area contributed by atoms with Gasteiger partial charge in [-0.25, -0.2) is 0 Å². The van der Waals surface area contributed by atoms with Gasteiger partial charge in [0.25, 0.3) is 0 Å². The minimum atomic E-state index is -0.153. The van der Waals surface area contributed by atoms with Crippen LogP contribution in [0.4, 0.5) is 0 Å². The predicted molar refractivity (Wildman–Crippen MR) is 56.8 cm³/mol. The van der Waals surface area contributed by atoms with Gasteiger partial charge in [0.2, 0.25) is 5.91 Å². The summed E-state index contributed by atoms with van der Waals surface area (Å²) in [5.41, 5.74) is 1.18. The first-order valence-electron chi connectivity index (χ1n) is 4.73. The highest BCUT2D eigenvalue weighted by Crippen LogP contribution is 1.97. The lowest BCUT2D eigenvalue weighted by atomic mass is 10.2. The maximum absolute atomic E-state index is 11.2. The SMILES string of the molecule is CNC(=O)[C@H](C)NCc1ccccc1. The van der Waals surface area contributed by atoms with Crippen molar-refractivity contribution in [3.8, 4) is 0 Å². The fourth-order valence-corrected chi connectivity index (χ4v) is 1.18. The number of carbonyl (C=O) groups is 1. The summed E-state index contributed by atoms with van der Waals surface area (Å²) in [5, 5.41) is 5.74. The molecule has 76 valence electrons. The molecule has 0 aliphatic rings. The second-order valence-electron chi connectivity index (χ2n) is 3.20. The minimum absolute atomic E-state index is 0.0148. The molecule has 3 nitrogen and oxygen atoms in total. The molecule has 0 spiro atoms. The van der Waals surface area contributed by atoms with Gasteiger partial charge in [-0.3, -0.25) is 4.79 Å². The maximum atomic E-state index is 11.2. The molecule has 1 aromatic carbocycles. The number of benzene rings is 1. The van der Waals surface area contributed by atoms with Crippen molar-refractivity contribution in [3.63, 3.8) is 0 Å². The van der Waals surface area contributed by atoms with E-state index in [9.17, 15) is 4.79 Å². The molecule has 0 saturated heterocycles. The van der Waals surface area contributed by atoms with Gasteiger partial charge in [0.1, 0.15) is 0 Å². The van der Waals surface area contributed by atoms with Crippen LogP contribution in [-0.2, 0) is 11.3 Å². The summed E-state index contributed by atoms with van der Waals surface area (Å²) < 4.78 is 0. The average Bonchev–Trinajstić information content (AvgIpc) is 2.26. The van der Waals surface area contributed by atoms with Gasteiger partial charge in [-0.05, 0) is 12.5 Å². The highest BCUT2D eigenvalue weighted by molar-refractivity contribution is 5.80. The van der Waals surface area contributed by atoms with Crippen LogP contribution >= 0.6 is 0 Å². The largest absolute Gasteiger partial charge is 0.358 e. The van der Waals surface area contributed by atoms with Crippen molar-refractivity contribution in [1.29, 1.82) is 0 Å². The molecule has 1 rings (SSSR count). The molecule has 0 radical (unpaired) electrons. The topological polar surface area (TPSA) is 41.1 Å². The van der Waals surface area contributed by atoms with E-state index in [0.29, 0.717) is 0 Å². The van der Waals surface area contributed by atoms with Gasteiger partial charge in [-0.15, -0.1) is 0 Å². The molecular weight excluding hydrogens is 176 g/mol. The first-order chi connectivity index (χ1) is 6.74. The molecule has 0 fully saturated rings. The summed E-state index contributed by atoms with van der Waals surface area (Å²) in [6.45, 7) is 2.57. The molecule has 3 heteroatoms. The van der Waals surface area contributed by atoms with Crippen LogP contribution < -0.4 is 10.6 Å². The number of amides is 1. The molecular formula is C11H16N2O. The predicted octanol–water partition coefficient (Wildman–Crippen LogP) is 0.911. The van der Waals surface area contributed by atoms with E-state index < -0.39 is 0 Å². The third-order valence-corrected chi connectivity index (χ3v) is 2.09. The molecule has 0 unspecified atom stereocenters. The van der Waals surface area contributed by atoms with Crippen molar-refractivity contribution in [2.24, 2.45) is 0 Å². The van der Waals surface area contributed by atoms with Crippen LogP contribution in [0.3, 0.4) is 0 Å². The summed E-state index contributed by atoms with van der Waals surface area (Å²) in [5.74, 6) is 0.0148. The molecule has 0 aliphatic carbocycles. The van der Waals surface area contributed by atoms with E-state index in [0.717, 1.165) is 6.54 Å². The van der Waals surface area contributed by atoms with Gasteiger partial charge in [0.05, 0.1) is 6.04 Å². The molecule has 0 saturated carbocycles. The van der Waals surface area contributed by atoms with E-state index in [4.69, 9.17) is 0 Å². The van der Waals surface area contributed by atoms with Crippen molar-refractivity contribution in [3.05, 3.63) is 35.9 Å². The van der Waals surface area contributed by atoms with Crippen LogP contribution in [0, 0.1) is 0 Å². The van der Waals surface area contributed by atoms with Crippen molar-refractivity contribution in [2.45, 2.75) is 19.5 Å². The Labute approximate surface area is 84.5 Å². The molecule has 0 heterocycles. The summed E-state index contributed by atoms with van der Waals surface area (Å²) in [7, 11) is 1.64. The molecule has 0 aliphatic heterocycles. The van der Waals surface area contributed by atoms with E-state index >= 15 is 0 Å². The highest BCUT2D eigenvalue weighted by atomic mass is 16.2. The van der Waals surface area contributed by atoms with E-state index in [-0.39, 0.29) is 11.9 Å². The standard InChI is InChI=1S/C11H16N2O/c1-9(11(14)12-2)13-8-10-6-4-3-5-7-10/h3-7,9,13H,8H2,1-2H3,(H,12,14)/t9-/m0/s1. The van der Waals surface area contributed by atoms with Crippen molar-refractivity contribution < 1.29 is 4.79 Å². The second-order valence-corrected chi connectivity index (χ2v) is 3.20. The number of hydrogen-bond donors (Lipinski definition) is 2. The smallest absolute Gasteiger partial charge is 0.236 e. The number of hydrogen-bond acceptors (Lipinski definition) is 2. The third-order valence-electron chi connectivity index (χ3n) is 2.09. The van der Waals surface area contributed by atoms with Gasteiger partial charge in [0.15, 0.2) is 0 Å². The number of rotatable bonds is 4. The lowest BCUT2D eigenvalue weighted by Crippen LogP contribution is -2.40. The summed E-state index contributed by atoms with van der Waals surface area (Å²) >= 11 is 0. The van der Waals surface area contributed by atoms with E-state index in [1.54, 1.807) is 7.05 Å². The first-order valence-corrected chi connectivity index (χ1v) is 4.73. The average molecular weight is 192 g/mol. The monoisotopic (exact) mass is 192 g/mol. The van der Waals surface area contributed by atoms with E-state index in [2.05, 4.69) is 10.6 Å². The Morgan fingerprint density at radius 3 is 2.57 bits per heavy atom. The van der Waals surface area contributed by atoms with Gasteiger partial charge < -0.3 is 10.6 Å². The fraction of sp³-hybridized carbons (Fsp3) is 0.364. The number of carbonyl (C=O) groups excluding carboxylic acids is 1. The number of likely N-dealkylation sites (N-methyl/N-ethyl adjacent to an activating group) is 1. The van der Waals surface area contributed by atoms with E-state index in [1.165, 1.54) is 5.56 Å². The van der Waals surface area contributed by atoms with Gasteiger partial charge >= 0.3 is 0 Å². The molecule has 1 aromatic rings. The van der Waals surface area contributed by atoms with Crippen LogP contribution in [0.15, 0.2) is 30.3 Å². The summed E-state index contributed by atoms with van der Waals surface area (Å²) in [4.78, 5) is 11.2.